The van der Waals surface area contributed by atoms with Gasteiger partial charge in [-0.1, -0.05) is 30.8 Å². The first-order valence-corrected chi connectivity index (χ1v) is 9.11. The van der Waals surface area contributed by atoms with E-state index in [-0.39, 0.29) is 40.7 Å². The number of aryl methyl sites for hydroxylation is 2. The van der Waals surface area contributed by atoms with Crippen LogP contribution in [0.25, 0.3) is 17.0 Å². The van der Waals surface area contributed by atoms with Crippen molar-refractivity contribution >= 4 is 5.83 Å². The van der Waals surface area contributed by atoms with Gasteiger partial charge in [-0.15, -0.1) is 0 Å². The largest absolute Gasteiger partial charge is 0.207 e. The lowest BCUT2D eigenvalue weighted by atomic mass is 9.98. The molecule has 0 amide bonds. The molecule has 0 saturated carbocycles. The topological polar surface area (TPSA) is 0 Å². The van der Waals surface area contributed by atoms with Gasteiger partial charge in [0.25, 0.3) is 0 Å². The molecule has 3 rings (SSSR count). The van der Waals surface area contributed by atoms with Crippen molar-refractivity contribution in [1.82, 2.24) is 0 Å². The van der Waals surface area contributed by atoms with Crippen LogP contribution in [0.4, 0.5) is 30.7 Å². The van der Waals surface area contributed by atoms with Gasteiger partial charge in [0.1, 0.15) is 11.6 Å². The van der Waals surface area contributed by atoms with Gasteiger partial charge in [0, 0.05) is 11.1 Å². The summed E-state index contributed by atoms with van der Waals surface area (Å²) in [5.74, 6) is -8.30. The minimum Gasteiger partial charge on any atom is -0.207 e. The molecule has 0 nitrogen and oxygen atoms in total. The minimum absolute atomic E-state index is 0.0244. The minimum atomic E-state index is -1.57. The van der Waals surface area contributed by atoms with Gasteiger partial charge >= 0.3 is 0 Å². The Labute approximate surface area is 174 Å². The second-order valence-electron chi connectivity index (χ2n) is 6.74. The van der Waals surface area contributed by atoms with Crippen molar-refractivity contribution in [3.05, 3.63) is 113 Å². The first-order chi connectivity index (χ1) is 14.7. The van der Waals surface area contributed by atoms with Crippen molar-refractivity contribution in [2.75, 3.05) is 0 Å². The zero-order valence-corrected chi connectivity index (χ0v) is 16.0. The maximum Gasteiger partial charge on any atom is 0.194 e. The molecule has 160 valence electrons. The van der Waals surface area contributed by atoms with Crippen LogP contribution in [0.2, 0.25) is 0 Å². The molecule has 0 aliphatic rings. The van der Waals surface area contributed by atoms with Crippen LogP contribution in [0.15, 0.2) is 67.0 Å². The molecule has 0 radical (unpaired) electrons. The number of hydrogen-bond donors (Lipinski definition) is 0. The molecule has 0 aliphatic carbocycles. The molecule has 0 unspecified atom stereocenters. The second kappa shape index (κ2) is 9.20. The van der Waals surface area contributed by atoms with E-state index in [0.717, 1.165) is 30.3 Å². The third-order valence-electron chi connectivity index (χ3n) is 4.70. The number of hydrogen-bond acceptors (Lipinski definition) is 0. The summed E-state index contributed by atoms with van der Waals surface area (Å²) in [7, 11) is 0. The molecule has 7 heteroatoms. The zero-order valence-electron chi connectivity index (χ0n) is 16.0. The molecular weight excluding hydrogens is 421 g/mol. The molecule has 3 aromatic carbocycles. The highest BCUT2D eigenvalue weighted by Gasteiger charge is 2.14. The van der Waals surface area contributed by atoms with E-state index >= 15 is 0 Å². The van der Waals surface area contributed by atoms with Gasteiger partial charge in [0.2, 0.25) is 0 Å². The molecule has 0 aromatic heterocycles. The SMILES string of the molecule is C=C/C(F)=C(\F)c1ccc(-c2ccc(CCc3cc(F)c(F)c(F)c3)c(F)c2)c(F)c1. The fourth-order valence-corrected chi connectivity index (χ4v) is 3.06. The lowest BCUT2D eigenvalue weighted by molar-refractivity contribution is 0.445. The van der Waals surface area contributed by atoms with E-state index in [0.29, 0.717) is 6.08 Å². The Morgan fingerprint density at radius 3 is 2.00 bits per heavy atom. The monoisotopic (exact) mass is 436 g/mol. The Morgan fingerprint density at radius 2 is 1.42 bits per heavy atom. The smallest absolute Gasteiger partial charge is 0.194 e. The summed E-state index contributed by atoms with van der Waals surface area (Å²) in [6.07, 6.45) is 0.771. The lowest BCUT2D eigenvalue weighted by Crippen LogP contribution is -1.99. The van der Waals surface area contributed by atoms with Crippen LogP contribution in [-0.4, -0.2) is 0 Å². The number of halogens is 7. The van der Waals surface area contributed by atoms with Crippen molar-refractivity contribution in [2.45, 2.75) is 12.8 Å². The predicted octanol–water partition coefficient (Wildman–Crippen LogP) is 7.63. The van der Waals surface area contributed by atoms with E-state index in [1.54, 1.807) is 0 Å². The van der Waals surface area contributed by atoms with Gasteiger partial charge in [0.05, 0.1) is 0 Å². The molecule has 0 saturated heterocycles. The number of allylic oxidation sites excluding steroid dienone is 2. The van der Waals surface area contributed by atoms with Gasteiger partial charge in [-0.25, -0.2) is 30.7 Å². The summed E-state index contributed by atoms with van der Waals surface area (Å²) in [4.78, 5) is 0. The van der Waals surface area contributed by atoms with Crippen molar-refractivity contribution < 1.29 is 30.7 Å². The average Bonchev–Trinajstić information content (AvgIpc) is 2.75. The van der Waals surface area contributed by atoms with E-state index in [1.165, 1.54) is 18.2 Å². The van der Waals surface area contributed by atoms with Gasteiger partial charge in [-0.05, 0) is 59.9 Å². The highest BCUT2D eigenvalue weighted by atomic mass is 19.2. The summed E-state index contributed by atoms with van der Waals surface area (Å²) < 4.78 is 95.6. The fraction of sp³-hybridized carbons (Fsp3) is 0.0833. The summed E-state index contributed by atoms with van der Waals surface area (Å²) in [5.41, 5.74) is 0.173. The summed E-state index contributed by atoms with van der Waals surface area (Å²) in [6, 6.07) is 8.69. The van der Waals surface area contributed by atoms with Gasteiger partial charge < -0.3 is 0 Å². The predicted molar refractivity (Wildman–Crippen MR) is 105 cm³/mol. The summed E-state index contributed by atoms with van der Waals surface area (Å²) in [6.45, 7) is 3.10. The van der Waals surface area contributed by atoms with Crippen LogP contribution in [0.3, 0.4) is 0 Å². The molecule has 0 heterocycles. The second-order valence-corrected chi connectivity index (χ2v) is 6.74. The molecular formula is C24H15F7. The maximum atomic E-state index is 14.5. The van der Waals surface area contributed by atoms with Crippen LogP contribution in [0.5, 0.6) is 0 Å². The van der Waals surface area contributed by atoms with E-state index in [2.05, 4.69) is 6.58 Å². The lowest BCUT2D eigenvalue weighted by Gasteiger charge is -2.09. The highest BCUT2D eigenvalue weighted by Crippen LogP contribution is 2.30. The molecule has 0 bridgehead atoms. The van der Waals surface area contributed by atoms with Crippen molar-refractivity contribution in [3.8, 4) is 11.1 Å². The third kappa shape index (κ3) is 4.87. The quantitative estimate of drug-likeness (QED) is 0.212. The molecule has 0 spiro atoms. The van der Waals surface area contributed by atoms with Crippen LogP contribution in [-0.2, 0) is 12.8 Å². The molecule has 0 atom stereocenters. The van der Waals surface area contributed by atoms with E-state index in [4.69, 9.17) is 0 Å². The van der Waals surface area contributed by atoms with Crippen molar-refractivity contribution in [2.24, 2.45) is 0 Å². The molecule has 3 aromatic rings. The number of benzene rings is 3. The van der Waals surface area contributed by atoms with Crippen LogP contribution in [0.1, 0.15) is 16.7 Å². The Kier molecular flexibility index (Phi) is 6.63. The Bertz CT molecular complexity index is 1160. The van der Waals surface area contributed by atoms with Crippen LogP contribution in [0, 0.1) is 29.1 Å². The molecule has 0 N–H and O–H groups in total. The normalized spacial score (nSPS) is 12.0. The molecule has 31 heavy (non-hydrogen) atoms. The fourth-order valence-electron chi connectivity index (χ4n) is 3.06. The maximum absolute atomic E-state index is 14.5. The Hall–Kier alpha value is -3.35. The summed E-state index contributed by atoms with van der Waals surface area (Å²) in [5, 5.41) is 0. The first-order valence-electron chi connectivity index (χ1n) is 9.11. The Balaban J connectivity index is 1.82. The van der Waals surface area contributed by atoms with E-state index in [9.17, 15) is 30.7 Å². The van der Waals surface area contributed by atoms with Gasteiger partial charge in [0.15, 0.2) is 29.1 Å². The van der Waals surface area contributed by atoms with Crippen molar-refractivity contribution in [1.29, 1.82) is 0 Å². The van der Waals surface area contributed by atoms with Crippen LogP contribution < -0.4 is 0 Å². The highest BCUT2D eigenvalue weighted by molar-refractivity contribution is 5.70. The average molecular weight is 436 g/mol. The van der Waals surface area contributed by atoms with Gasteiger partial charge in [-0.3, -0.25) is 0 Å². The molecule has 0 aliphatic heterocycles. The number of rotatable bonds is 6. The van der Waals surface area contributed by atoms with Gasteiger partial charge in [-0.2, -0.15) is 0 Å². The first kappa shape index (κ1) is 22.3. The summed E-state index contributed by atoms with van der Waals surface area (Å²) >= 11 is 0. The van der Waals surface area contributed by atoms with E-state index in [1.807, 2.05) is 0 Å². The standard InChI is InChI=1S/C24H15F7/c1-2-18(25)23(30)16-7-8-17(20(27)12-16)15-6-5-14(19(26)11-15)4-3-13-9-21(28)24(31)22(29)10-13/h2,5-12H,1,3-4H2/b23-18+. The molecule has 0 fully saturated rings. The van der Waals surface area contributed by atoms with Crippen molar-refractivity contribution in [3.63, 3.8) is 0 Å². The van der Waals surface area contributed by atoms with E-state index < -0.39 is 40.7 Å². The van der Waals surface area contributed by atoms with Crippen LogP contribution >= 0.6 is 0 Å². The Morgan fingerprint density at radius 1 is 0.742 bits per heavy atom. The third-order valence-corrected chi connectivity index (χ3v) is 4.70. The zero-order chi connectivity index (χ0) is 22.7.